The maximum atomic E-state index is 5.24. The lowest BCUT2D eigenvalue weighted by Crippen LogP contribution is -2.28. The van der Waals surface area contributed by atoms with Gasteiger partial charge in [0.1, 0.15) is 0 Å². The number of fused-ring (bicyclic) bond motifs is 7. The molecule has 0 fully saturated rings. The van der Waals surface area contributed by atoms with E-state index in [9.17, 15) is 0 Å². The van der Waals surface area contributed by atoms with E-state index in [-0.39, 0.29) is 0 Å². The second kappa shape index (κ2) is 15.9. The fraction of sp³-hybridized carbons (Fsp3) is 0.0317. The third kappa shape index (κ3) is 6.39. The molecule has 3 heteroatoms. The standard InChI is InChI=1S/C63H43N3/c1-3-42-29-33-48(40-50(42)37-41(2)53-26-16-28-58-59(53)56-25-14-15-27-57(56)63(58,51-20-6-4-7-21-51)52-22-8-5-9-23-52)61-64-60(47-34-30-43-17-10-11-19-45(43)38-47)65-62(66-61)49-35-36-55-46(39-49)32-31-44-18-12-13-24-54(44)55/h3-40H,1H2,2H3/b41-37+. The van der Waals surface area contributed by atoms with Crippen LogP contribution in [0.5, 0.6) is 0 Å². The molecular formula is C63H43N3. The first kappa shape index (κ1) is 39.1. The summed E-state index contributed by atoms with van der Waals surface area (Å²) in [6, 6.07) is 78.4. The second-order valence-corrected chi connectivity index (χ2v) is 17.2. The lowest BCUT2D eigenvalue weighted by molar-refractivity contribution is 0.768. The minimum absolute atomic E-state index is 0.477. The van der Waals surface area contributed by atoms with Crippen LogP contribution in [-0.4, -0.2) is 15.0 Å². The van der Waals surface area contributed by atoms with Crippen LogP contribution in [0.4, 0.5) is 0 Å². The number of hydrogen-bond acceptors (Lipinski definition) is 3. The zero-order chi connectivity index (χ0) is 44.2. The van der Waals surface area contributed by atoms with Crippen molar-refractivity contribution in [3.63, 3.8) is 0 Å². The van der Waals surface area contributed by atoms with E-state index in [0.717, 1.165) is 44.2 Å². The van der Waals surface area contributed by atoms with Gasteiger partial charge in [0.05, 0.1) is 5.41 Å². The summed E-state index contributed by atoms with van der Waals surface area (Å²) in [4.78, 5) is 15.6. The third-order valence-corrected chi connectivity index (χ3v) is 13.5. The largest absolute Gasteiger partial charge is 0.208 e. The Morgan fingerprint density at radius 1 is 0.424 bits per heavy atom. The summed E-state index contributed by atoms with van der Waals surface area (Å²) in [6.07, 6.45) is 4.23. The highest BCUT2D eigenvalue weighted by atomic mass is 15.0. The van der Waals surface area contributed by atoms with E-state index < -0.39 is 5.41 Å². The van der Waals surface area contributed by atoms with Crippen molar-refractivity contribution in [1.82, 2.24) is 15.0 Å². The van der Waals surface area contributed by atoms with E-state index in [1.165, 1.54) is 60.5 Å². The number of allylic oxidation sites excluding steroid dienone is 1. The molecule has 0 unspecified atom stereocenters. The van der Waals surface area contributed by atoms with Crippen molar-refractivity contribution in [2.24, 2.45) is 0 Å². The number of benzene rings is 10. The van der Waals surface area contributed by atoms with Crippen molar-refractivity contribution in [2.75, 3.05) is 0 Å². The van der Waals surface area contributed by atoms with Crippen molar-refractivity contribution < 1.29 is 0 Å². The SMILES string of the molecule is C=Cc1ccc(-c2nc(-c3ccc4ccccc4c3)nc(-c3ccc4c(ccc5ccccc54)c3)n2)cc1/C=C(\C)c1cccc2c1-c1ccccc1C2(c1ccccc1)c1ccccc1. The van der Waals surface area contributed by atoms with Crippen LogP contribution in [0.15, 0.2) is 225 Å². The van der Waals surface area contributed by atoms with Crippen LogP contribution in [0.2, 0.25) is 0 Å². The van der Waals surface area contributed by atoms with Crippen LogP contribution >= 0.6 is 0 Å². The van der Waals surface area contributed by atoms with Gasteiger partial charge < -0.3 is 0 Å². The molecule has 1 aliphatic rings. The lowest BCUT2D eigenvalue weighted by Gasteiger charge is -2.34. The molecule has 1 aliphatic carbocycles. The molecule has 11 aromatic rings. The highest BCUT2D eigenvalue weighted by Gasteiger charge is 2.46. The van der Waals surface area contributed by atoms with E-state index in [1.54, 1.807) is 0 Å². The van der Waals surface area contributed by atoms with E-state index >= 15 is 0 Å². The fourth-order valence-corrected chi connectivity index (χ4v) is 10.4. The van der Waals surface area contributed by atoms with Crippen LogP contribution in [0.25, 0.3) is 95.3 Å². The molecule has 310 valence electrons. The average molecular weight is 842 g/mol. The molecule has 0 bridgehead atoms. The summed E-state index contributed by atoms with van der Waals surface area (Å²) >= 11 is 0. The molecule has 12 rings (SSSR count). The Morgan fingerprint density at radius 3 is 1.68 bits per heavy atom. The predicted octanol–water partition coefficient (Wildman–Crippen LogP) is 15.9. The van der Waals surface area contributed by atoms with Crippen molar-refractivity contribution in [1.29, 1.82) is 0 Å². The van der Waals surface area contributed by atoms with Gasteiger partial charge in [-0.15, -0.1) is 0 Å². The van der Waals surface area contributed by atoms with Crippen molar-refractivity contribution in [2.45, 2.75) is 12.3 Å². The van der Waals surface area contributed by atoms with Crippen LogP contribution in [0.3, 0.4) is 0 Å². The van der Waals surface area contributed by atoms with Gasteiger partial charge >= 0.3 is 0 Å². The Hall–Kier alpha value is -8.53. The van der Waals surface area contributed by atoms with Crippen LogP contribution in [-0.2, 0) is 5.41 Å². The monoisotopic (exact) mass is 841 g/mol. The summed E-state index contributed by atoms with van der Waals surface area (Å²) in [5, 5.41) is 7.08. The van der Waals surface area contributed by atoms with Gasteiger partial charge in [0.2, 0.25) is 0 Å². The molecule has 0 spiro atoms. The van der Waals surface area contributed by atoms with Crippen LogP contribution in [0.1, 0.15) is 45.9 Å². The zero-order valence-corrected chi connectivity index (χ0v) is 36.5. The van der Waals surface area contributed by atoms with Gasteiger partial charge in [-0.3, -0.25) is 0 Å². The molecule has 0 saturated heterocycles. The second-order valence-electron chi connectivity index (χ2n) is 17.2. The number of rotatable bonds is 8. The summed E-state index contributed by atoms with van der Waals surface area (Å²) < 4.78 is 0. The number of hydrogen-bond donors (Lipinski definition) is 0. The quantitative estimate of drug-likeness (QED) is 0.113. The molecule has 1 aromatic heterocycles. The first-order chi connectivity index (χ1) is 32.6. The van der Waals surface area contributed by atoms with Gasteiger partial charge in [-0.2, -0.15) is 0 Å². The smallest absolute Gasteiger partial charge is 0.164 e. The normalized spacial score (nSPS) is 12.9. The number of nitrogens with zero attached hydrogens (tertiary/aromatic N) is 3. The van der Waals surface area contributed by atoms with Gasteiger partial charge in [0.25, 0.3) is 0 Å². The fourth-order valence-electron chi connectivity index (χ4n) is 10.4. The molecule has 0 atom stereocenters. The molecule has 66 heavy (non-hydrogen) atoms. The average Bonchev–Trinajstić information content (AvgIpc) is 3.70. The van der Waals surface area contributed by atoms with Gasteiger partial charge in [-0.1, -0.05) is 219 Å². The van der Waals surface area contributed by atoms with E-state index in [0.29, 0.717) is 17.5 Å². The Bertz CT molecular complexity index is 3700. The summed E-state index contributed by atoms with van der Waals surface area (Å²) in [5.74, 6) is 1.85. The molecule has 10 aromatic carbocycles. The minimum Gasteiger partial charge on any atom is -0.208 e. The van der Waals surface area contributed by atoms with Gasteiger partial charge in [0.15, 0.2) is 17.5 Å². The molecule has 0 amide bonds. The third-order valence-electron chi connectivity index (χ3n) is 13.5. The Labute approximate surface area is 384 Å². The summed E-state index contributed by atoms with van der Waals surface area (Å²) in [5.41, 5.74) is 14.3. The lowest BCUT2D eigenvalue weighted by atomic mass is 9.67. The Kier molecular flexibility index (Phi) is 9.43. The van der Waals surface area contributed by atoms with E-state index in [2.05, 4.69) is 238 Å². The van der Waals surface area contributed by atoms with E-state index in [4.69, 9.17) is 15.0 Å². The molecule has 1 heterocycles. The molecule has 0 N–H and O–H groups in total. The Morgan fingerprint density at radius 2 is 0.955 bits per heavy atom. The topological polar surface area (TPSA) is 38.7 Å². The maximum absolute atomic E-state index is 5.24. The highest BCUT2D eigenvalue weighted by molar-refractivity contribution is 6.08. The molecular weight excluding hydrogens is 799 g/mol. The van der Waals surface area contributed by atoms with Crippen LogP contribution in [0, 0.1) is 0 Å². The van der Waals surface area contributed by atoms with Gasteiger partial charge in [0, 0.05) is 16.7 Å². The minimum atomic E-state index is -0.477. The van der Waals surface area contributed by atoms with Crippen LogP contribution < -0.4 is 0 Å². The molecule has 0 aliphatic heterocycles. The predicted molar refractivity (Wildman–Crippen MR) is 276 cm³/mol. The van der Waals surface area contributed by atoms with Crippen molar-refractivity contribution in [3.05, 3.63) is 264 Å². The maximum Gasteiger partial charge on any atom is 0.164 e. The Balaban J connectivity index is 1.01. The summed E-state index contributed by atoms with van der Waals surface area (Å²) in [7, 11) is 0. The molecule has 0 radical (unpaired) electrons. The van der Waals surface area contributed by atoms with Gasteiger partial charge in [-0.05, 0) is 113 Å². The number of aromatic nitrogens is 3. The van der Waals surface area contributed by atoms with Gasteiger partial charge in [-0.25, -0.2) is 15.0 Å². The van der Waals surface area contributed by atoms with Crippen molar-refractivity contribution in [3.8, 4) is 45.3 Å². The van der Waals surface area contributed by atoms with Crippen molar-refractivity contribution >= 4 is 50.0 Å². The molecule has 3 nitrogen and oxygen atoms in total. The molecule has 0 saturated carbocycles. The zero-order valence-electron chi connectivity index (χ0n) is 36.5. The first-order valence-corrected chi connectivity index (χ1v) is 22.5. The van der Waals surface area contributed by atoms with E-state index in [1.807, 2.05) is 6.08 Å². The summed E-state index contributed by atoms with van der Waals surface area (Å²) in [6.45, 7) is 6.48. The first-order valence-electron chi connectivity index (χ1n) is 22.5. The highest BCUT2D eigenvalue weighted by Crippen LogP contribution is 2.57.